The minimum atomic E-state index is -0.114. The third kappa shape index (κ3) is 5.27. The molecule has 0 aromatic rings. The summed E-state index contributed by atoms with van der Waals surface area (Å²) in [6, 6.07) is 0. The summed E-state index contributed by atoms with van der Waals surface area (Å²) < 4.78 is 4.76. The van der Waals surface area contributed by atoms with E-state index in [2.05, 4.69) is 11.8 Å². The van der Waals surface area contributed by atoms with Gasteiger partial charge in [-0.2, -0.15) is 0 Å². The average Bonchev–Trinajstić information content (AvgIpc) is 2.73. The van der Waals surface area contributed by atoms with Crippen molar-refractivity contribution in [2.24, 2.45) is 11.8 Å². The van der Waals surface area contributed by atoms with Gasteiger partial charge in [-0.3, -0.25) is 14.5 Å². The van der Waals surface area contributed by atoms with E-state index in [1.54, 1.807) is 0 Å². The maximum Gasteiger partial charge on any atom is 0.305 e. The van der Waals surface area contributed by atoms with Crippen LogP contribution in [0.5, 0.6) is 0 Å². The fourth-order valence-corrected chi connectivity index (χ4v) is 3.46. The molecule has 0 aromatic heterocycles. The minimum Gasteiger partial charge on any atom is -0.469 e. The molecule has 0 radical (unpaired) electrons. The van der Waals surface area contributed by atoms with Crippen LogP contribution in [0.2, 0.25) is 0 Å². The van der Waals surface area contributed by atoms with E-state index in [9.17, 15) is 9.59 Å². The molecule has 0 bridgehead atoms. The second-order valence-corrected chi connectivity index (χ2v) is 6.92. The molecule has 0 saturated carbocycles. The van der Waals surface area contributed by atoms with Gasteiger partial charge in [0.2, 0.25) is 5.91 Å². The van der Waals surface area contributed by atoms with Gasteiger partial charge in [0, 0.05) is 19.5 Å². The largest absolute Gasteiger partial charge is 0.469 e. The number of hydrogen-bond donors (Lipinski definition) is 0. The molecule has 0 aliphatic carbocycles. The SMILES string of the molecule is COC(=O)C[C@H]1CCCN(CC(=O)N2CCC(C)CC2)CC1. The zero-order valence-electron chi connectivity index (χ0n) is 14.1. The molecule has 5 heteroatoms. The molecular weight excluding hydrogens is 280 g/mol. The van der Waals surface area contributed by atoms with Gasteiger partial charge in [-0.25, -0.2) is 0 Å². The van der Waals surface area contributed by atoms with Gasteiger partial charge in [-0.05, 0) is 57.0 Å². The van der Waals surface area contributed by atoms with E-state index < -0.39 is 0 Å². The van der Waals surface area contributed by atoms with Gasteiger partial charge in [0.05, 0.1) is 13.7 Å². The van der Waals surface area contributed by atoms with Crippen molar-refractivity contribution in [2.45, 2.75) is 45.4 Å². The minimum absolute atomic E-state index is 0.114. The predicted octanol–water partition coefficient (Wildman–Crippen LogP) is 1.91. The van der Waals surface area contributed by atoms with Gasteiger partial charge in [-0.1, -0.05) is 6.92 Å². The Hall–Kier alpha value is -1.10. The molecule has 2 aliphatic heterocycles. The Morgan fingerprint density at radius 2 is 1.77 bits per heavy atom. The van der Waals surface area contributed by atoms with E-state index in [1.165, 1.54) is 7.11 Å². The first-order valence-corrected chi connectivity index (χ1v) is 8.65. The third-order valence-electron chi connectivity index (χ3n) is 5.12. The molecule has 2 aliphatic rings. The lowest BCUT2D eigenvalue weighted by atomic mass is 9.97. The summed E-state index contributed by atoms with van der Waals surface area (Å²) in [5, 5.41) is 0. The maximum absolute atomic E-state index is 12.4. The highest BCUT2D eigenvalue weighted by Crippen LogP contribution is 2.22. The Labute approximate surface area is 134 Å². The molecule has 1 atom stereocenters. The lowest BCUT2D eigenvalue weighted by Gasteiger charge is -2.32. The first-order chi connectivity index (χ1) is 10.6. The molecule has 2 fully saturated rings. The quantitative estimate of drug-likeness (QED) is 0.744. The first-order valence-electron chi connectivity index (χ1n) is 8.65. The van der Waals surface area contributed by atoms with E-state index in [0.29, 0.717) is 18.9 Å². The molecule has 1 amide bonds. The zero-order chi connectivity index (χ0) is 15.9. The molecule has 0 N–H and O–H groups in total. The van der Waals surface area contributed by atoms with Crippen molar-refractivity contribution < 1.29 is 14.3 Å². The first kappa shape index (κ1) is 17.3. The summed E-state index contributed by atoms with van der Waals surface area (Å²) in [6.07, 6.45) is 5.88. The van der Waals surface area contributed by atoms with Crippen LogP contribution in [0.4, 0.5) is 0 Å². The zero-order valence-corrected chi connectivity index (χ0v) is 14.1. The van der Waals surface area contributed by atoms with Gasteiger partial charge in [0.15, 0.2) is 0 Å². The molecule has 0 aromatic carbocycles. The van der Waals surface area contributed by atoms with Crippen LogP contribution in [0.25, 0.3) is 0 Å². The number of likely N-dealkylation sites (tertiary alicyclic amines) is 2. The van der Waals surface area contributed by atoms with Crippen molar-refractivity contribution in [3.05, 3.63) is 0 Å². The van der Waals surface area contributed by atoms with Gasteiger partial charge >= 0.3 is 5.97 Å². The van der Waals surface area contributed by atoms with E-state index in [1.807, 2.05) is 4.90 Å². The number of amides is 1. The third-order valence-corrected chi connectivity index (χ3v) is 5.12. The molecule has 2 heterocycles. The normalized spacial score (nSPS) is 24.8. The van der Waals surface area contributed by atoms with Crippen molar-refractivity contribution in [2.75, 3.05) is 39.8 Å². The summed E-state index contributed by atoms with van der Waals surface area (Å²) in [4.78, 5) is 28.1. The highest BCUT2D eigenvalue weighted by Gasteiger charge is 2.24. The molecule has 2 saturated heterocycles. The van der Waals surface area contributed by atoms with Gasteiger partial charge in [0.1, 0.15) is 0 Å². The van der Waals surface area contributed by atoms with Crippen LogP contribution in [-0.2, 0) is 14.3 Å². The van der Waals surface area contributed by atoms with Crippen LogP contribution < -0.4 is 0 Å². The average molecular weight is 310 g/mol. The number of hydrogen-bond acceptors (Lipinski definition) is 4. The van der Waals surface area contributed by atoms with Crippen LogP contribution in [0, 0.1) is 11.8 Å². The molecule has 126 valence electrons. The van der Waals surface area contributed by atoms with Gasteiger partial charge in [-0.15, -0.1) is 0 Å². The fraction of sp³-hybridized carbons (Fsp3) is 0.882. The van der Waals surface area contributed by atoms with E-state index >= 15 is 0 Å². The smallest absolute Gasteiger partial charge is 0.305 e. The van der Waals surface area contributed by atoms with Crippen LogP contribution >= 0.6 is 0 Å². The van der Waals surface area contributed by atoms with Crippen LogP contribution in [0.15, 0.2) is 0 Å². The van der Waals surface area contributed by atoms with Crippen LogP contribution in [-0.4, -0.2) is 61.5 Å². The number of carbonyl (C=O) groups excluding carboxylic acids is 2. The highest BCUT2D eigenvalue weighted by atomic mass is 16.5. The molecular formula is C17H30N2O3. The standard InChI is InChI=1S/C17H30N2O3/c1-14-5-10-19(11-6-14)16(20)13-18-8-3-4-15(7-9-18)12-17(21)22-2/h14-15H,3-13H2,1-2H3/t15-/m0/s1. The second-order valence-electron chi connectivity index (χ2n) is 6.92. The van der Waals surface area contributed by atoms with E-state index in [-0.39, 0.29) is 11.9 Å². The highest BCUT2D eigenvalue weighted by molar-refractivity contribution is 5.78. The molecule has 0 unspecified atom stereocenters. The maximum atomic E-state index is 12.4. The summed E-state index contributed by atoms with van der Waals surface area (Å²) in [7, 11) is 1.45. The second kappa shape index (κ2) is 8.51. The Bertz CT molecular complexity index is 378. The van der Waals surface area contributed by atoms with E-state index in [0.717, 1.165) is 64.2 Å². The topological polar surface area (TPSA) is 49.9 Å². The molecule has 2 rings (SSSR count). The van der Waals surface area contributed by atoms with Crippen molar-refractivity contribution >= 4 is 11.9 Å². The molecule has 0 spiro atoms. The predicted molar refractivity (Wildman–Crippen MR) is 85.4 cm³/mol. The monoisotopic (exact) mass is 310 g/mol. The number of nitrogens with zero attached hydrogens (tertiary/aromatic N) is 2. The van der Waals surface area contributed by atoms with Crippen molar-refractivity contribution in [1.29, 1.82) is 0 Å². The summed E-state index contributed by atoms with van der Waals surface area (Å²) in [6.45, 7) is 6.51. The lowest BCUT2D eigenvalue weighted by Crippen LogP contribution is -2.44. The number of piperidine rings is 1. The van der Waals surface area contributed by atoms with Gasteiger partial charge < -0.3 is 9.64 Å². The van der Waals surface area contributed by atoms with Gasteiger partial charge in [0.25, 0.3) is 0 Å². The fourth-order valence-electron chi connectivity index (χ4n) is 3.46. The number of methoxy groups -OCH3 is 1. The van der Waals surface area contributed by atoms with E-state index in [4.69, 9.17) is 4.74 Å². The summed E-state index contributed by atoms with van der Waals surface area (Å²) in [5.41, 5.74) is 0. The Balaban J connectivity index is 1.74. The Morgan fingerprint density at radius 3 is 2.45 bits per heavy atom. The molecule has 5 nitrogen and oxygen atoms in total. The summed E-state index contributed by atoms with van der Waals surface area (Å²) >= 11 is 0. The number of esters is 1. The van der Waals surface area contributed by atoms with Crippen molar-refractivity contribution in [3.63, 3.8) is 0 Å². The molecule has 22 heavy (non-hydrogen) atoms. The Morgan fingerprint density at radius 1 is 1.05 bits per heavy atom. The van der Waals surface area contributed by atoms with Crippen molar-refractivity contribution in [1.82, 2.24) is 9.80 Å². The Kier molecular flexibility index (Phi) is 6.68. The number of carbonyl (C=O) groups is 2. The van der Waals surface area contributed by atoms with Crippen LogP contribution in [0.1, 0.15) is 45.4 Å². The lowest BCUT2D eigenvalue weighted by molar-refractivity contribution is -0.142. The van der Waals surface area contributed by atoms with Crippen molar-refractivity contribution in [3.8, 4) is 0 Å². The summed E-state index contributed by atoms with van der Waals surface area (Å²) in [5.74, 6) is 1.32. The number of rotatable bonds is 4. The van der Waals surface area contributed by atoms with Crippen LogP contribution in [0.3, 0.4) is 0 Å². The number of ether oxygens (including phenoxy) is 1.